The van der Waals surface area contributed by atoms with E-state index in [0.717, 1.165) is 6.07 Å². The molecule has 0 spiro atoms. The van der Waals surface area contributed by atoms with Gasteiger partial charge in [0.05, 0.1) is 6.54 Å². The summed E-state index contributed by atoms with van der Waals surface area (Å²) < 4.78 is 0. The molecule has 0 radical (unpaired) electrons. The van der Waals surface area contributed by atoms with E-state index in [9.17, 15) is 24.6 Å². The zero-order chi connectivity index (χ0) is 18.9. The smallest absolute Gasteiger partial charge is 0.251 e. The van der Waals surface area contributed by atoms with Crippen molar-refractivity contribution in [3.05, 3.63) is 59.7 Å². The highest BCUT2D eigenvalue weighted by Crippen LogP contribution is 2.20. The van der Waals surface area contributed by atoms with Crippen molar-refractivity contribution >= 4 is 17.7 Å². The van der Waals surface area contributed by atoms with E-state index in [4.69, 9.17) is 0 Å². The van der Waals surface area contributed by atoms with Gasteiger partial charge in [0, 0.05) is 30.3 Å². The van der Waals surface area contributed by atoms with E-state index in [1.54, 1.807) is 30.3 Å². The van der Waals surface area contributed by atoms with Crippen LogP contribution in [0, 0.1) is 0 Å². The molecule has 0 aliphatic carbocycles. The molecule has 2 rings (SSSR count). The van der Waals surface area contributed by atoms with Crippen LogP contribution in [0.4, 0.5) is 0 Å². The van der Waals surface area contributed by atoms with Crippen LogP contribution in [0.3, 0.4) is 0 Å². The number of phenols is 2. The summed E-state index contributed by atoms with van der Waals surface area (Å²) in [4.78, 5) is 35.3. The molecule has 2 aromatic carbocycles. The third kappa shape index (κ3) is 5.82. The van der Waals surface area contributed by atoms with Gasteiger partial charge in [0.1, 0.15) is 11.5 Å². The van der Waals surface area contributed by atoms with Gasteiger partial charge in [-0.25, -0.2) is 0 Å². The van der Waals surface area contributed by atoms with Gasteiger partial charge in [-0.2, -0.15) is 0 Å². The predicted octanol–water partition coefficient (Wildman–Crippen LogP) is 0.374. The highest BCUT2D eigenvalue weighted by molar-refractivity contribution is 5.96. The second-order valence-corrected chi connectivity index (χ2v) is 5.39. The summed E-state index contributed by atoms with van der Waals surface area (Å²) >= 11 is 0. The number of amides is 3. The van der Waals surface area contributed by atoms with Gasteiger partial charge >= 0.3 is 0 Å². The van der Waals surface area contributed by atoms with Crippen LogP contribution < -0.4 is 16.0 Å². The monoisotopic (exact) mass is 357 g/mol. The number of aromatic hydroxyl groups is 2. The first-order valence-corrected chi connectivity index (χ1v) is 7.87. The molecular weight excluding hydrogens is 338 g/mol. The normalized spacial score (nSPS) is 10.0. The van der Waals surface area contributed by atoms with Gasteiger partial charge in [-0.1, -0.05) is 18.2 Å². The number of carbonyl (C=O) groups excluding carboxylic acids is 3. The van der Waals surface area contributed by atoms with Gasteiger partial charge in [0.25, 0.3) is 11.8 Å². The Morgan fingerprint density at radius 2 is 1.31 bits per heavy atom. The Morgan fingerprint density at radius 3 is 1.96 bits per heavy atom. The number of hydrogen-bond acceptors (Lipinski definition) is 5. The molecule has 0 unspecified atom stereocenters. The molecule has 26 heavy (non-hydrogen) atoms. The van der Waals surface area contributed by atoms with Gasteiger partial charge in [-0.05, 0) is 24.3 Å². The summed E-state index contributed by atoms with van der Waals surface area (Å²) in [6.07, 6.45) is 0. The van der Waals surface area contributed by atoms with Gasteiger partial charge in [0.15, 0.2) is 0 Å². The third-order valence-corrected chi connectivity index (χ3v) is 3.34. The highest BCUT2D eigenvalue weighted by atomic mass is 16.3. The van der Waals surface area contributed by atoms with Crippen molar-refractivity contribution in [2.45, 2.75) is 0 Å². The molecule has 0 saturated heterocycles. The number of hydrogen-bond donors (Lipinski definition) is 5. The molecule has 8 heteroatoms. The fraction of sp³-hybridized carbons (Fsp3) is 0.167. The van der Waals surface area contributed by atoms with Crippen LogP contribution in [0.25, 0.3) is 0 Å². The molecule has 0 aliphatic rings. The van der Waals surface area contributed by atoms with Crippen molar-refractivity contribution in [2.75, 3.05) is 19.6 Å². The van der Waals surface area contributed by atoms with E-state index in [1.165, 1.54) is 12.1 Å². The number of nitrogens with one attached hydrogen (secondary N) is 3. The van der Waals surface area contributed by atoms with Gasteiger partial charge in [-0.15, -0.1) is 0 Å². The molecule has 0 aliphatic heterocycles. The van der Waals surface area contributed by atoms with Crippen LogP contribution >= 0.6 is 0 Å². The van der Waals surface area contributed by atoms with Crippen molar-refractivity contribution < 1.29 is 24.6 Å². The maximum atomic E-state index is 11.9. The quantitative estimate of drug-likeness (QED) is 0.458. The zero-order valence-electron chi connectivity index (χ0n) is 13.9. The highest BCUT2D eigenvalue weighted by Gasteiger charge is 2.09. The average molecular weight is 357 g/mol. The molecular formula is C18H19N3O5. The minimum Gasteiger partial charge on any atom is -0.508 e. The molecule has 5 N–H and O–H groups in total. The average Bonchev–Trinajstić information content (AvgIpc) is 2.63. The van der Waals surface area contributed by atoms with Crippen molar-refractivity contribution in [3.8, 4) is 11.5 Å². The first-order valence-electron chi connectivity index (χ1n) is 7.87. The second kappa shape index (κ2) is 9.07. The Balaban J connectivity index is 1.67. The molecule has 0 saturated carbocycles. The Hall–Kier alpha value is -3.55. The Morgan fingerprint density at radius 1 is 0.731 bits per heavy atom. The van der Waals surface area contributed by atoms with Crippen LogP contribution in [0.2, 0.25) is 0 Å². The van der Waals surface area contributed by atoms with Crippen LogP contribution in [-0.4, -0.2) is 47.6 Å². The summed E-state index contributed by atoms with van der Waals surface area (Å²) in [5.74, 6) is -1.69. The maximum absolute atomic E-state index is 11.9. The van der Waals surface area contributed by atoms with Crippen molar-refractivity contribution in [1.29, 1.82) is 0 Å². The third-order valence-electron chi connectivity index (χ3n) is 3.34. The van der Waals surface area contributed by atoms with Crippen molar-refractivity contribution in [2.24, 2.45) is 0 Å². The molecule has 0 bridgehead atoms. The Labute approximate surface area is 149 Å². The fourth-order valence-corrected chi connectivity index (χ4v) is 2.12. The largest absolute Gasteiger partial charge is 0.508 e. The molecule has 0 atom stereocenters. The zero-order valence-corrected chi connectivity index (χ0v) is 13.9. The summed E-state index contributed by atoms with van der Waals surface area (Å²) in [6, 6.07) is 12.1. The van der Waals surface area contributed by atoms with Crippen LogP contribution in [0.1, 0.15) is 20.7 Å². The van der Waals surface area contributed by atoms with E-state index in [1.807, 2.05) is 0 Å². The topological polar surface area (TPSA) is 128 Å². The summed E-state index contributed by atoms with van der Waals surface area (Å²) in [6.45, 7) is 0.131. The lowest BCUT2D eigenvalue weighted by atomic mass is 10.2. The molecule has 3 amide bonds. The fourth-order valence-electron chi connectivity index (χ4n) is 2.12. The number of phenolic OH excluding ortho intramolecular Hbond substituents is 2. The SMILES string of the molecule is O=C(CNC(=O)c1ccccc1)NCCNC(=O)c1cc(O)cc(O)c1. The number of carbonyl (C=O) groups is 3. The van der Waals surface area contributed by atoms with E-state index in [-0.39, 0.29) is 42.6 Å². The van der Waals surface area contributed by atoms with E-state index < -0.39 is 11.8 Å². The number of rotatable bonds is 7. The first-order chi connectivity index (χ1) is 12.5. The van der Waals surface area contributed by atoms with Gasteiger partial charge in [-0.3, -0.25) is 14.4 Å². The lowest BCUT2D eigenvalue weighted by Crippen LogP contribution is -2.40. The lowest BCUT2D eigenvalue weighted by molar-refractivity contribution is -0.120. The van der Waals surface area contributed by atoms with E-state index in [2.05, 4.69) is 16.0 Å². The lowest BCUT2D eigenvalue weighted by Gasteiger charge is -2.09. The first kappa shape index (κ1) is 18.8. The maximum Gasteiger partial charge on any atom is 0.251 e. The van der Waals surface area contributed by atoms with Crippen LogP contribution in [-0.2, 0) is 4.79 Å². The molecule has 136 valence electrons. The Bertz CT molecular complexity index is 772. The molecule has 8 nitrogen and oxygen atoms in total. The second-order valence-electron chi connectivity index (χ2n) is 5.39. The van der Waals surface area contributed by atoms with Crippen molar-refractivity contribution in [3.63, 3.8) is 0 Å². The molecule has 0 heterocycles. The predicted molar refractivity (Wildman–Crippen MR) is 93.9 cm³/mol. The van der Waals surface area contributed by atoms with Gasteiger partial charge < -0.3 is 26.2 Å². The van der Waals surface area contributed by atoms with Crippen LogP contribution in [0.15, 0.2) is 48.5 Å². The minimum absolute atomic E-state index is 0.101. The minimum atomic E-state index is -0.497. The molecule has 0 aromatic heterocycles. The molecule has 2 aromatic rings. The standard InChI is InChI=1S/C18H19N3O5/c22-14-8-13(9-15(23)10-14)18(26)20-7-6-19-16(24)11-21-17(25)12-4-2-1-3-5-12/h1-5,8-10,22-23H,6-7,11H2,(H,19,24)(H,20,26)(H,21,25). The summed E-state index contributed by atoms with van der Waals surface area (Å²) in [7, 11) is 0. The van der Waals surface area contributed by atoms with Crippen LogP contribution in [0.5, 0.6) is 11.5 Å². The van der Waals surface area contributed by atoms with Gasteiger partial charge in [0.2, 0.25) is 5.91 Å². The van der Waals surface area contributed by atoms with E-state index in [0.29, 0.717) is 5.56 Å². The Kier molecular flexibility index (Phi) is 6.55. The van der Waals surface area contributed by atoms with E-state index >= 15 is 0 Å². The summed E-state index contributed by atoms with van der Waals surface area (Å²) in [5.41, 5.74) is 0.561. The summed E-state index contributed by atoms with van der Waals surface area (Å²) in [5, 5.41) is 26.3. The number of benzene rings is 2. The van der Waals surface area contributed by atoms with Crippen molar-refractivity contribution in [1.82, 2.24) is 16.0 Å². The molecule has 0 fully saturated rings.